The van der Waals surface area contributed by atoms with E-state index in [0.717, 1.165) is 37.7 Å². The van der Waals surface area contributed by atoms with Gasteiger partial charge in [0.15, 0.2) is 0 Å². The van der Waals surface area contributed by atoms with Crippen LogP contribution in [0.5, 0.6) is 0 Å². The second-order valence-corrected chi connectivity index (χ2v) is 11.9. The summed E-state index contributed by atoms with van der Waals surface area (Å²) in [6, 6.07) is 0. The number of allylic oxidation sites excluding steroid dienone is 1. The summed E-state index contributed by atoms with van der Waals surface area (Å²) < 4.78 is 17.7. The number of rotatable bonds is 3. The third-order valence-electron chi connectivity index (χ3n) is 8.21. The van der Waals surface area contributed by atoms with Crippen molar-refractivity contribution in [3.63, 3.8) is 0 Å². The molecule has 4 aliphatic rings. The van der Waals surface area contributed by atoms with Crippen LogP contribution in [0.2, 0.25) is 0 Å². The van der Waals surface area contributed by atoms with Gasteiger partial charge in [0.2, 0.25) is 0 Å². The first-order valence-corrected chi connectivity index (χ1v) is 14.3. The second-order valence-electron chi connectivity index (χ2n) is 11.9. The highest BCUT2D eigenvalue weighted by atomic mass is 16.6. The SMILES string of the molecule is C=C1CC(C)CC2CC=CC(C/C=C\C(=O)OC(C(O)/C=C/C3CCCC(C)C3)C[C@@H]3OC3[C@@H](O)C1)O2. The van der Waals surface area contributed by atoms with E-state index in [4.69, 9.17) is 14.2 Å². The molecule has 1 aliphatic carbocycles. The summed E-state index contributed by atoms with van der Waals surface area (Å²) in [5.41, 5.74) is 1.01. The van der Waals surface area contributed by atoms with Crippen LogP contribution in [0.25, 0.3) is 0 Å². The standard InChI is InChI=1S/C31H46O6/c1-20-7-4-8-23(16-20)13-14-26(32)28-19-29-31(37-29)27(33)18-22(3)15-21(2)17-25-11-5-9-24(35-25)10-6-12-30(34)36-28/h5-6,9,12-14,20-21,23-29,31-33H,3-4,7-8,10-11,15-19H2,1-2H3/b12-6-,14-13+/t20?,21?,23?,24?,25?,26?,27-,28?,29-,31?/m0/s1. The maximum atomic E-state index is 12.7. The molecule has 8 unspecified atom stereocenters. The van der Waals surface area contributed by atoms with E-state index in [1.807, 2.05) is 0 Å². The van der Waals surface area contributed by atoms with E-state index >= 15 is 0 Å². The molecule has 0 aromatic carbocycles. The van der Waals surface area contributed by atoms with Crippen LogP contribution >= 0.6 is 0 Å². The molecule has 10 atom stereocenters. The smallest absolute Gasteiger partial charge is 0.330 e. The van der Waals surface area contributed by atoms with Crippen molar-refractivity contribution >= 4 is 5.97 Å². The zero-order valence-electron chi connectivity index (χ0n) is 22.5. The summed E-state index contributed by atoms with van der Waals surface area (Å²) in [4.78, 5) is 12.7. The van der Waals surface area contributed by atoms with Crippen LogP contribution in [0.1, 0.15) is 78.1 Å². The molecule has 2 N–H and O–H groups in total. The Kier molecular flexibility index (Phi) is 10.2. The average molecular weight is 515 g/mol. The minimum atomic E-state index is -0.927. The molecule has 2 fully saturated rings. The van der Waals surface area contributed by atoms with Gasteiger partial charge in [-0.25, -0.2) is 4.79 Å². The van der Waals surface area contributed by atoms with Gasteiger partial charge in [0.25, 0.3) is 0 Å². The third-order valence-corrected chi connectivity index (χ3v) is 8.21. The van der Waals surface area contributed by atoms with Gasteiger partial charge < -0.3 is 24.4 Å². The van der Waals surface area contributed by atoms with Gasteiger partial charge in [0, 0.05) is 12.5 Å². The number of epoxide rings is 1. The van der Waals surface area contributed by atoms with E-state index < -0.39 is 24.3 Å². The van der Waals surface area contributed by atoms with Gasteiger partial charge in [0.05, 0.1) is 24.4 Å². The number of hydrogen-bond donors (Lipinski definition) is 2. The number of cyclic esters (lactones) is 1. The molecule has 1 saturated carbocycles. The van der Waals surface area contributed by atoms with Gasteiger partial charge in [0.1, 0.15) is 18.3 Å². The summed E-state index contributed by atoms with van der Waals surface area (Å²) in [5, 5.41) is 21.8. The number of fused-ring (bicyclic) bond motifs is 3. The van der Waals surface area contributed by atoms with Gasteiger partial charge >= 0.3 is 5.97 Å². The van der Waals surface area contributed by atoms with Gasteiger partial charge in [-0.2, -0.15) is 0 Å². The van der Waals surface area contributed by atoms with Gasteiger partial charge in [-0.3, -0.25) is 0 Å². The molecule has 0 aromatic rings. The van der Waals surface area contributed by atoms with Crippen LogP contribution in [0.15, 0.2) is 48.6 Å². The Morgan fingerprint density at radius 3 is 2.70 bits per heavy atom. The monoisotopic (exact) mass is 514 g/mol. The quantitative estimate of drug-likeness (QED) is 0.306. The van der Waals surface area contributed by atoms with Crippen LogP contribution in [-0.4, -0.2) is 58.9 Å². The molecule has 3 heterocycles. The minimum absolute atomic E-state index is 0.0678. The van der Waals surface area contributed by atoms with E-state index in [9.17, 15) is 15.0 Å². The van der Waals surface area contributed by atoms with Crippen molar-refractivity contribution in [2.45, 2.75) is 121 Å². The highest BCUT2D eigenvalue weighted by Gasteiger charge is 2.46. The zero-order valence-corrected chi connectivity index (χ0v) is 22.5. The molecular weight excluding hydrogens is 468 g/mol. The van der Waals surface area contributed by atoms with Crippen LogP contribution in [0.3, 0.4) is 0 Å². The summed E-state index contributed by atoms with van der Waals surface area (Å²) >= 11 is 0. The van der Waals surface area contributed by atoms with Crippen LogP contribution in [-0.2, 0) is 19.0 Å². The molecule has 0 spiro atoms. The lowest BCUT2D eigenvalue weighted by molar-refractivity contribution is -0.148. The van der Waals surface area contributed by atoms with E-state index in [0.29, 0.717) is 37.0 Å². The van der Waals surface area contributed by atoms with Crippen LogP contribution in [0.4, 0.5) is 0 Å². The summed E-state index contributed by atoms with van der Waals surface area (Å²) in [6.45, 7) is 8.68. The molecule has 1 saturated heterocycles. The van der Waals surface area contributed by atoms with E-state index in [-0.39, 0.29) is 24.4 Å². The maximum absolute atomic E-state index is 12.7. The highest BCUT2D eigenvalue weighted by molar-refractivity contribution is 5.82. The molecule has 4 rings (SSSR count). The van der Waals surface area contributed by atoms with Crippen molar-refractivity contribution in [3.8, 4) is 0 Å². The summed E-state index contributed by atoms with van der Waals surface area (Å²) in [7, 11) is 0. The summed E-state index contributed by atoms with van der Waals surface area (Å²) in [5.74, 6) is 1.05. The van der Waals surface area contributed by atoms with Gasteiger partial charge in [-0.05, 0) is 62.7 Å². The fraction of sp³-hybridized carbons (Fsp3) is 0.710. The lowest BCUT2D eigenvalue weighted by Gasteiger charge is -2.28. The predicted molar refractivity (Wildman–Crippen MR) is 144 cm³/mol. The topological polar surface area (TPSA) is 88.5 Å². The number of aliphatic hydroxyl groups excluding tert-OH is 2. The van der Waals surface area contributed by atoms with Crippen LogP contribution in [0, 0.1) is 17.8 Å². The van der Waals surface area contributed by atoms with Crippen molar-refractivity contribution in [1.29, 1.82) is 0 Å². The van der Waals surface area contributed by atoms with Crippen LogP contribution < -0.4 is 0 Å². The number of ether oxygens (including phenoxy) is 3. The number of esters is 1. The Hall–Kier alpha value is -1.73. The molecule has 2 bridgehead atoms. The molecule has 206 valence electrons. The normalized spacial score (nSPS) is 41.8. The van der Waals surface area contributed by atoms with Crippen molar-refractivity contribution in [1.82, 2.24) is 0 Å². The van der Waals surface area contributed by atoms with Crippen molar-refractivity contribution in [2.24, 2.45) is 17.8 Å². The number of carbonyl (C=O) groups is 1. The number of aliphatic hydroxyl groups is 2. The summed E-state index contributed by atoms with van der Waals surface area (Å²) in [6.07, 6.45) is 17.2. The van der Waals surface area contributed by atoms with Crippen molar-refractivity contribution in [3.05, 3.63) is 48.6 Å². The van der Waals surface area contributed by atoms with Gasteiger partial charge in [-0.15, -0.1) is 0 Å². The number of carbonyl (C=O) groups excluding carboxylic acids is 1. The predicted octanol–water partition coefficient (Wildman–Crippen LogP) is 5.20. The average Bonchev–Trinajstić information content (AvgIpc) is 3.61. The molecule has 37 heavy (non-hydrogen) atoms. The first-order chi connectivity index (χ1) is 17.8. The second kappa shape index (κ2) is 13.4. The lowest BCUT2D eigenvalue weighted by atomic mass is 9.82. The van der Waals surface area contributed by atoms with E-state index in [2.05, 4.69) is 38.7 Å². The highest BCUT2D eigenvalue weighted by Crippen LogP contribution is 2.35. The molecule has 0 aromatic heterocycles. The largest absolute Gasteiger partial charge is 0.456 e. The zero-order chi connectivity index (χ0) is 26.4. The minimum Gasteiger partial charge on any atom is -0.456 e. The van der Waals surface area contributed by atoms with E-state index in [1.165, 1.54) is 18.9 Å². The Balaban J connectivity index is 1.44. The van der Waals surface area contributed by atoms with Gasteiger partial charge in [-0.1, -0.05) is 69.2 Å². The fourth-order valence-electron chi connectivity index (χ4n) is 6.24. The van der Waals surface area contributed by atoms with Crippen molar-refractivity contribution < 1.29 is 29.2 Å². The molecule has 3 aliphatic heterocycles. The third kappa shape index (κ3) is 8.91. The molecule has 0 radical (unpaired) electrons. The Morgan fingerprint density at radius 1 is 1.05 bits per heavy atom. The fourth-order valence-corrected chi connectivity index (χ4v) is 6.24. The first kappa shape index (κ1) is 28.3. The Labute approximate surface area is 222 Å². The Bertz CT molecular complexity index is 862. The molecule has 0 amide bonds. The van der Waals surface area contributed by atoms with Crippen molar-refractivity contribution in [2.75, 3.05) is 0 Å². The Morgan fingerprint density at radius 2 is 1.89 bits per heavy atom. The van der Waals surface area contributed by atoms with E-state index in [1.54, 1.807) is 12.2 Å². The lowest BCUT2D eigenvalue weighted by Crippen LogP contribution is -2.32. The first-order valence-electron chi connectivity index (χ1n) is 14.3. The molecule has 6 heteroatoms. The molecular formula is C31H46O6. The number of hydrogen-bond acceptors (Lipinski definition) is 6. The maximum Gasteiger partial charge on any atom is 0.330 e. The molecule has 6 nitrogen and oxygen atoms in total.